The lowest BCUT2D eigenvalue weighted by Gasteiger charge is -2.33. The number of nitrogens with two attached hydrogens (primary N) is 1. The number of nitrogens with zero attached hydrogens (tertiary/aromatic N) is 1. The van der Waals surface area contributed by atoms with Crippen molar-refractivity contribution in [3.63, 3.8) is 0 Å². The van der Waals surface area contributed by atoms with Gasteiger partial charge in [-0.1, -0.05) is 36.5 Å². The van der Waals surface area contributed by atoms with Crippen LogP contribution in [0.25, 0.3) is 0 Å². The summed E-state index contributed by atoms with van der Waals surface area (Å²) in [6, 6.07) is 6.48. The van der Waals surface area contributed by atoms with Gasteiger partial charge >= 0.3 is 0 Å². The van der Waals surface area contributed by atoms with Gasteiger partial charge in [-0.15, -0.1) is 0 Å². The van der Waals surface area contributed by atoms with Crippen LogP contribution in [-0.2, 0) is 9.59 Å². The van der Waals surface area contributed by atoms with E-state index in [2.05, 4.69) is 5.32 Å². The van der Waals surface area contributed by atoms with Crippen molar-refractivity contribution in [2.45, 2.75) is 19.1 Å². The minimum atomic E-state index is -0.799. The monoisotopic (exact) mass is 307 g/mol. The Morgan fingerprint density at radius 1 is 1.48 bits per heavy atom. The van der Waals surface area contributed by atoms with E-state index in [1.807, 2.05) is 0 Å². The zero-order valence-electron chi connectivity index (χ0n) is 11.6. The molecule has 6 nitrogen and oxygen atoms in total. The highest BCUT2D eigenvalue weighted by Gasteiger charge is 2.31. The number of imide groups is 1. The lowest BCUT2D eigenvalue weighted by atomic mass is 10.1. The molecule has 1 heterocycles. The number of aliphatic hydroxyl groups is 1. The van der Waals surface area contributed by atoms with E-state index < -0.39 is 12.1 Å². The Morgan fingerprint density at radius 2 is 2.10 bits per heavy atom. The Bertz CT molecular complexity index is 573. The standard InChI is InChI=1S/C14H17N3O3S/c1-8-14(20)16-12(19)7-17(8)6-11(18)9-2-4-10(5-3-9)13(15)21/h2-5,8,11,18H,6-7H2,1H3,(H2,15,21)(H,16,19,20). The van der Waals surface area contributed by atoms with Gasteiger partial charge in [-0.3, -0.25) is 19.8 Å². The van der Waals surface area contributed by atoms with Gasteiger partial charge in [0.1, 0.15) is 4.99 Å². The Morgan fingerprint density at radius 3 is 2.67 bits per heavy atom. The number of hydrogen-bond acceptors (Lipinski definition) is 5. The van der Waals surface area contributed by atoms with Crippen molar-refractivity contribution >= 4 is 29.0 Å². The lowest BCUT2D eigenvalue weighted by Crippen LogP contribution is -2.57. The van der Waals surface area contributed by atoms with Gasteiger partial charge in [0.15, 0.2) is 0 Å². The van der Waals surface area contributed by atoms with Crippen LogP contribution in [-0.4, -0.2) is 45.9 Å². The van der Waals surface area contributed by atoms with Gasteiger partial charge in [0.25, 0.3) is 0 Å². The van der Waals surface area contributed by atoms with Crippen LogP contribution in [0.2, 0.25) is 0 Å². The van der Waals surface area contributed by atoms with Crippen LogP contribution in [0.1, 0.15) is 24.2 Å². The molecule has 1 aromatic rings. The molecule has 1 aliphatic heterocycles. The first-order chi connectivity index (χ1) is 9.88. The molecular formula is C14H17N3O3S. The van der Waals surface area contributed by atoms with E-state index in [1.165, 1.54) is 0 Å². The Labute approximate surface area is 127 Å². The maximum Gasteiger partial charge on any atom is 0.243 e. The number of nitrogens with one attached hydrogen (secondary N) is 1. The van der Waals surface area contributed by atoms with Crippen LogP contribution in [0, 0.1) is 0 Å². The minimum Gasteiger partial charge on any atom is -0.389 e. The molecule has 1 saturated heterocycles. The molecule has 0 radical (unpaired) electrons. The summed E-state index contributed by atoms with van der Waals surface area (Å²) in [5.41, 5.74) is 6.92. The number of rotatable bonds is 4. The number of aliphatic hydroxyl groups excluding tert-OH is 1. The molecule has 2 rings (SSSR count). The van der Waals surface area contributed by atoms with Crippen LogP contribution in [0.5, 0.6) is 0 Å². The average molecular weight is 307 g/mol. The molecule has 2 amide bonds. The number of hydrogen-bond donors (Lipinski definition) is 3. The van der Waals surface area contributed by atoms with Gasteiger partial charge in [-0.2, -0.15) is 0 Å². The number of β-amino-alcohol motifs (C(OH)–C–C–N with tert-alkyl or cyclic N) is 1. The van der Waals surface area contributed by atoms with E-state index in [0.29, 0.717) is 10.6 Å². The summed E-state index contributed by atoms with van der Waals surface area (Å²) in [6.45, 7) is 1.99. The second-order valence-corrected chi connectivity index (χ2v) is 5.46. The van der Waals surface area contributed by atoms with E-state index in [0.717, 1.165) is 5.56 Å². The number of carbonyl (C=O) groups is 2. The number of piperazine rings is 1. The fourth-order valence-electron chi connectivity index (χ4n) is 2.19. The molecule has 4 N–H and O–H groups in total. The first kappa shape index (κ1) is 15.6. The third-order valence-electron chi connectivity index (χ3n) is 3.52. The predicted octanol–water partition coefficient (Wildman–Crippen LogP) is -0.299. The SMILES string of the molecule is CC1C(=O)NC(=O)CN1CC(O)c1ccc(C(N)=S)cc1. The van der Waals surface area contributed by atoms with Crippen molar-refractivity contribution in [1.29, 1.82) is 0 Å². The van der Waals surface area contributed by atoms with Gasteiger partial charge in [-0.05, 0) is 12.5 Å². The molecule has 1 aromatic carbocycles. The molecule has 0 saturated carbocycles. The summed E-state index contributed by atoms with van der Waals surface area (Å²) in [7, 11) is 0. The molecule has 112 valence electrons. The van der Waals surface area contributed by atoms with Crippen molar-refractivity contribution in [3.05, 3.63) is 35.4 Å². The highest BCUT2D eigenvalue weighted by atomic mass is 32.1. The fraction of sp³-hybridized carbons (Fsp3) is 0.357. The quantitative estimate of drug-likeness (QED) is 0.522. The Hall–Kier alpha value is -1.83. The largest absolute Gasteiger partial charge is 0.389 e. The van der Waals surface area contributed by atoms with Gasteiger partial charge in [-0.25, -0.2) is 0 Å². The molecule has 21 heavy (non-hydrogen) atoms. The first-order valence-electron chi connectivity index (χ1n) is 6.54. The second kappa shape index (κ2) is 6.30. The summed E-state index contributed by atoms with van der Waals surface area (Å²) in [4.78, 5) is 24.9. The summed E-state index contributed by atoms with van der Waals surface area (Å²) < 4.78 is 0. The molecule has 1 fully saturated rings. The van der Waals surface area contributed by atoms with Crippen molar-refractivity contribution < 1.29 is 14.7 Å². The first-order valence-corrected chi connectivity index (χ1v) is 6.95. The van der Waals surface area contributed by atoms with Crippen molar-refractivity contribution in [3.8, 4) is 0 Å². The molecule has 0 spiro atoms. The van der Waals surface area contributed by atoms with E-state index in [1.54, 1.807) is 36.1 Å². The molecule has 0 aromatic heterocycles. The maximum absolute atomic E-state index is 11.6. The number of benzene rings is 1. The molecule has 0 aliphatic carbocycles. The van der Waals surface area contributed by atoms with Crippen LogP contribution in [0.15, 0.2) is 24.3 Å². The fourth-order valence-corrected chi connectivity index (χ4v) is 2.32. The predicted molar refractivity (Wildman–Crippen MR) is 81.5 cm³/mol. The minimum absolute atomic E-state index is 0.0922. The smallest absolute Gasteiger partial charge is 0.243 e. The zero-order valence-corrected chi connectivity index (χ0v) is 12.4. The van der Waals surface area contributed by atoms with Crippen LogP contribution in [0.4, 0.5) is 0 Å². The molecule has 0 bridgehead atoms. The highest BCUT2D eigenvalue weighted by Crippen LogP contribution is 2.17. The Kier molecular flexibility index (Phi) is 4.66. The summed E-state index contributed by atoms with van der Waals surface area (Å²) in [5, 5.41) is 12.5. The Balaban J connectivity index is 2.06. The highest BCUT2D eigenvalue weighted by molar-refractivity contribution is 7.80. The third-order valence-corrected chi connectivity index (χ3v) is 3.76. The molecule has 2 unspecified atom stereocenters. The molecular weight excluding hydrogens is 290 g/mol. The van der Waals surface area contributed by atoms with E-state index in [9.17, 15) is 14.7 Å². The van der Waals surface area contributed by atoms with Gasteiger partial charge in [0, 0.05) is 12.1 Å². The summed E-state index contributed by atoms with van der Waals surface area (Å²) in [6.07, 6.45) is -0.799. The van der Waals surface area contributed by atoms with E-state index >= 15 is 0 Å². The van der Waals surface area contributed by atoms with Gasteiger partial charge in [0.05, 0.1) is 18.7 Å². The number of carbonyl (C=O) groups excluding carboxylic acids is 2. The van der Waals surface area contributed by atoms with Crippen molar-refractivity contribution in [2.24, 2.45) is 5.73 Å². The third kappa shape index (κ3) is 3.63. The van der Waals surface area contributed by atoms with Crippen LogP contribution < -0.4 is 11.1 Å². The van der Waals surface area contributed by atoms with Gasteiger partial charge in [0.2, 0.25) is 11.8 Å². The summed E-state index contributed by atoms with van der Waals surface area (Å²) >= 11 is 4.87. The average Bonchev–Trinajstić information content (AvgIpc) is 2.44. The van der Waals surface area contributed by atoms with Crippen molar-refractivity contribution in [1.82, 2.24) is 10.2 Å². The molecule has 1 aliphatic rings. The summed E-state index contributed by atoms with van der Waals surface area (Å²) in [5.74, 6) is -0.698. The maximum atomic E-state index is 11.6. The van der Waals surface area contributed by atoms with Gasteiger partial charge < -0.3 is 10.8 Å². The topological polar surface area (TPSA) is 95.7 Å². The van der Waals surface area contributed by atoms with Crippen LogP contribution >= 0.6 is 12.2 Å². The zero-order chi connectivity index (χ0) is 15.6. The van der Waals surface area contributed by atoms with Crippen molar-refractivity contribution in [2.75, 3.05) is 13.1 Å². The normalized spacial score (nSPS) is 21.0. The number of thiocarbonyl (C=S) groups is 1. The number of amides is 2. The van der Waals surface area contributed by atoms with E-state index in [-0.39, 0.29) is 24.9 Å². The molecule has 7 heteroatoms. The van der Waals surface area contributed by atoms with Crippen LogP contribution in [0.3, 0.4) is 0 Å². The molecule has 2 atom stereocenters. The lowest BCUT2D eigenvalue weighted by molar-refractivity contribution is -0.140. The van der Waals surface area contributed by atoms with E-state index in [4.69, 9.17) is 18.0 Å². The second-order valence-electron chi connectivity index (χ2n) is 5.02.